The second-order valence-electron chi connectivity index (χ2n) is 7.25. The first-order chi connectivity index (χ1) is 12.6. The Morgan fingerprint density at radius 1 is 1.38 bits per heavy atom. The number of carbonyl (C=O) groups is 1. The average Bonchev–Trinajstić information content (AvgIpc) is 2.79. The molecule has 6 heteroatoms. The minimum absolute atomic E-state index is 0.0745. The molecule has 0 fully saturated rings. The minimum Gasteiger partial charge on any atom is -0.492 e. The molecule has 1 N–H and O–H groups in total. The number of rotatable bonds is 3. The number of nitrogens with one attached hydrogen (secondary N) is 1. The third kappa shape index (κ3) is 3.33. The lowest BCUT2D eigenvalue weighted by Crippen LogP contribution is -2.40. The molecule has 6 nitrogen and oxygen atoms in total. The molecule has 1 unspecified atom stereocenters. The van der Waals surface area contributed by atoms with E-state index < -0.39 is 0 Å². The molecule has 0 bridgehead atoms. The number of benzene rings is 1. The molecule has 1 aromatic heterocycles. The number of aromatic nitrogens is 2. The first-order valence-electron chi connectivity index (χ1n) is 9.36. The molecule has 0 radical (unpaired) electrons. The molecule has 1 aliphatic heterocycles. The van der Waals surface area contributed by atoms with Crippen LogP contribution in [0.2, 0.25) is 0 Å². The molecule has 138 valence electrons. The number of nitrogens with zero attached hydrogens (tertiary/aromatic N) is 3. The van der Waals surface area contributed by atoms with Gasteiger partial charge in [-0.05, 0) is 32.3 Å². The van der Waals surface area contributed by atoms with Crippen molar-refractivity contribution < 1.29 is 9.53 Å². The molecule has 2 aromatic rings. The van der Waals surface area contributed by atoms with Crippen LogP contribution in [0.4, 0.5) is 0 Å². The van der Waals surface area contributed by atoms with E-state index in [0.29, 0.717) is 13.2 Å². The van der Waals surface area contributed by atoms with Crippen LogP contribution in [-0.2, 0) is 24.8 Å². The molecule has 26 heavy (non-hydrogen) atoms. The largest absolute Gasteiger partial charge is 0.492 e. The van der Waals surface area contributed by atoms with E-state index in [1.165, 1.54) is 11.3 Å². The van der Waals surface area contributed by atoms with Crippen molar-refractivity contribution in [1.29, 1.82) is 0 Å². The molecular weight excluding hydrogens is 328 g/mol. The lowest BCUT2D eigenvalue weighted by molar-refractivity contribution is -0.123. The van der Waals surface area contributed by atoms with E-state index in [0.717, 1.165) is 49.4 Å². The Labute approximate surface area is 154 Å². The number of amides is 1. The van der Waals surface area contributed by atoms with E-state index in [9.17, 15) is 4.79 Å². The van der Waals surface area contributed by atoms with E-state index in [4.69, 9.17) is 4.74 Å². The fourth-order valence-electron chi connectivity index (χ4n) is 4.19. The van der Waals surface area contributed by atoms with Gasteiger partial charge in [-0.25, -0.2) is 0 Å². The van der Waals surface area contributed by atoms with Gasteiger partial charge in [0.05, 0.1) is 18.3 Å². The second kappa shape index (κ2) is 7.11. The summed E-state index contributed by atoms with van der Waals surface area (Å²) in [4.78, 5) is 14.9. The topological polar surface area (TPSA) is 59.4 Å². The van der Waals surface area contributed by atoms with Gasteiger partial charge in [0, 0.05) is 37.0 Å². The smallest absolute Gasteiger partial charge is 0.234 e. The zero-order chi connectivity index (χ0) is 18.1. The van der Waals surface area contributed by atoms with Gasteiger partial charge in [0.25, 0.3) is 0 Å². The van der Waals surface area contributed by atoms with Crippen molar-refractivity contribution >= 4 is 5.91 Å². The van der Waals surface area contributed by atoms with Crippen molar-refractivity contribution in [1.82, 2.24) is 20.0 Å². The van der Waals surface area contributed by atoms with E-state index in [1.807, 2.05) is 36.9 Å². The van der Waals surface area contributed by atoms with Crippen molar-refractivity contribution in [2.45, 2.75) is 38.8 Å². The van der Waals surface area contributed by atoms with Gasteiger partial charge in [0.15, 0.2) is 0 Å². The van der Waals surface area contributed by atoms with Crippen LogP contribution < -0.4 is 10.1 Å². The van der Waals surface area contributed by atoms with E-state index in [-0.39, 0.29) is 11.9 Å². The Balaban J connectivity index is 1.42. The van der Waals surface area contributed by atoms with Crippen LogP contribution in [0.1, 0.15) is 41.4 Å². The number of aryl methyl sites for hydroxylation is 2. The normalized spacial score (nSPS) is 19.8. The molecule has 0 saturated heterocycles. The zero-order valence-electron chi connectivity index (χ0n) is 15.5. The monoisotopic (exact) mass is 354 g/mol. The van der Waals surface area contributed by atoms with Gasteiger partial charge in [0.2, 0.25) is 5.91 Å². The summed E-state index contributed by atoms with van der Waals surface area (Å²) in [6.07, 6.45) is 3.11. The quantitative estimate of drug-likeness (QED) is 0.917. The van der Waals surface area contributed by atoms with Gasteiger partial charge in [0.1, 0.15) is 12.4 Å². The number of hydrogen-bond acceptors (Lipinski definition) is 4. The maximum Gasteiger partial charge on any atom is 0.234 e. The van der Waals surface area contributed by atoms with Crippen LogP contribution >= 0.6 is 0 Å². The van der Waals surface area contributed by atoms with Gasteiger partial charge in [-0.2, -0.15) is 5.10 Å². The van der Waals surface area contributed by atoms with Gasteiger partial charge in [-0.15, -0.1) is 0 Å². The van der Waals surface area contributed by atoms with Crippen LogP contribution in [-0.4, -0.2) is 40.3 Å². The number of para-hydroxylation sites is 1. The molecule has 1 amide bonds. The number of fused-ring (bicyclic) bond motifs is 2. The summed E-state index contributed by atoms with van der Waals surface area (Å²) in [5.74, 6) is 1.00. The summed E-state index contributed by atoms with van der Waals surface area (Å²) in [6.45, 7) is 4.53. The predicted molar refractivity (Wildman–Crippen MR) is 99.0 cm³/mol. The second-order valence-corrected chi connectivity index (χ2v) is 7.25. The molecule has 4 rings (SSSR count). The van der Waals surface area contributed by atoms with Crippen molar-refractivity contribution in [3.8, 4) is 5.75 Å². The van der Waals surface area contributed by atoms with Crippen LogP contribution in [0, 0.1) is 6.92 Å². The molecule has 1 aromatic carbocycles. The van der Waals surface area contributed by atoms with Gasteiger partial charge in [-0.1, -0.05) is 18.2 Å². The average molecular weight is 354 g/mol. The summed E-state index contributed by atoms with van der Waals surface area (Å²) >= 11 is 0. The fourth-order valence-corrected chi connectivity index (χ4v) is 4.19. The highest BCUT2D eigenvalue weighted by Gasteiger charge is 2.28. The Morgan fingerprint density at radius 3 is 3.12 bits per heavy atom. The third-order valence-electron chi connectivity index (χ3n) is 5.38. The van der Waals surface area contributed by atoms with Crippen molar-refractivity contribution in [2.24, 2.45) is 7.05 Å². The highest BCUT2D eigenvalue weighted by atomic mass is 16.5. The number of ether oxygens (including phenoxy) is 1. The van der Waals surface area contributed by atoms with Gasteiger partial charge >= 0.3 is 0 Å². The number of carbonyl (C=O) groups excluding carboxylic acids is 1. The molecular formula is C20H26N4O2. The lowest BCUT2D eigenvalue weighted by Gasteiger charge is -2.26. The van der Waals surface area contributed by atoms with E-state index >= 15 is 0 Å². The molecule has 1 aliphatic carbocycles. The van der Waals surface area contributed by atoms with Crippen molar-refractivity contribution in [3.05, 3.63) is 46.8 Å². The molecule has 1 atom stereocenters. The maximum absolute atomic E-state index is 12.7. The van der Waals surface area contributed by atoms with Crippen LogP contribution in [0.5, 0.6) is 5.75 Å². The Bertz CT molecular complexity index is 814. The number of hydrogen-bond donors (Lipinski definition) is 1. The zero-order valence-corrected chi connectivity index (χ0v) is 15.5. The van der Waals surface area contributed by atoms with Crippen molar-refractivity contribution in [2.75, 3.05) is 19.7 Å². The minimum atomic E-state index is 0.0745. The molecule has 0 saturated carbocycles. The third-order valence-corrected chi connectivity index (χ3v) is 5.38. The summed E-state index contributed by atoms with van der Waals surface area (Å²) in [5.41, 5.74) is 4.65. The Morgan fingerprint density at radius 2 is 2.23 bits per heavy atom. The summed E-state index contributed by atoms with van der Waals surface area (Å²) in [6, 6.07) is 8.14. The highest BCUT2D eigenvalue weighted by Crippen LogP contribution is 2.31. The molecule has 0 spiro atoms. The SMILES string of the molecule is Cc1nn(C)c2c1C(NC(=O)CN1CCOc3ccccc3C1)CCC2. The van der Waals surface area contributed by atoms with Crippen LogP contribution in [0.15, 0.2) is 24.3 Å². The van der Waals surface area contributed by atoms with E-state index in [1.54, 1.807) is 0 Å². The summed E-state index contributed by atoms with van der Waals surface area (Å²) in [7, 11) is 1.99. The maximum atomic E-state index is 12.7. The predicted octanol–water partition coefficient (Wildman–Crippen LogP) is 2.12. The lowest BCUT2D eigenvalue weighted by atomic mass is 9.91. The Kier molecular flexibility index (Phi) is 4.68. The van der Waals surface area contributed by atoms with Gasteiger partial charge < -0.3 is 10.1 Å². The van der Waals surface area contributed by atoms with Crippen LogP contribution in [0.3, 0.4) is 0 Å². The van der Waals surface area contributed by atoms with E-state index in [2.05, 4.69) is 21.4 Å². The summed E-state index contributed by atoms with van der Waals surface area (Å²) in [5, 5.41) is 7.79. The Hall–Kier alpha value is -2.34. The first kappa shape index (κ1) is 17.1. The molecule has 2 heterocycles. The van der Waals surface area contributed by atoms with Crippen LogP contribution in [0.25, 0.3) is 0 Å². The fraction of sp³-hybridized carbons (Fsp3) is 0.500. The summed E-state index contributed by atoms with van der Waals surface area (Å²) < 4.78 is 7.76. The van der Waals surface area contributed by atoms with Gasteiger partial charge in [-0.3, -0.25) is 14.4 Å². The highest BCUT2D eigenvalue weighted by molar-refractivity contribution is 5.78. The standard InChI is InChI=1S/C20H26N4O2/c1-14-20-16(7-5-8-17(20)23(2)22-14)21-19(25)13-24-10-11-26-18-9-4-3-6-15(18)12-24/h3-4,6,9,16H,5,7-8,10-13H2,1-2H3,(H,21,25). The van der Waals surface area contributed by atoms with Crippen molar-refractivity contribution in [3.63, 3.8) is 0 Å². The molecule has 2 aliphatic rings. The first-order valence-corrected chi connectivity index (χ1v) is 9.36.